The Morgan fingerprint density at radius 3 is 2.57 bits per heavy atom. The second kappa shape index (κ2) is 4.77. The fraction of sp³-hybridized carbons (Fsp3) is 0.188. The Morgan fingerprint density at radius 2 is 1.86 bits per heavy atom. The molecular formula is C16H15FN2O2. The van der Waals surface area contributed by atoms with Crippen molar-refractivity contribution in [3.8, 4) is 22.9 Å². The summed E-state index contributed by atoms with van der Waals surface area (Å²) < 4.78 is 15.3. The van der Waals surface area contributed by atoms with E-state index >= 15 is 0 Å². The summed E-state index contributed by atoms with van der Waals surface area (Å²) in [4.78, 5) is 4.42. The molecule has 0 atom stereocenters. The van der Waals surface area contributed by atoms with Crippen LogP contribution in [0.5, 0.6) is 11.5 Å². The number of benzene rings is 2. The molecule has 4 nitrogen and oxygen atoms in total. The predicted octanol–water partition coefficient (Wildman–Crippen LogP) is 3.83. The number of halogens is 1. The molecular weight excluding hydrogens is 271 g/mol. The van der Waals surface area contributed by atoms with Gasteiger partial charge in [-0.2, -0.15) is 0 Å². The molecule has 0 radical (unpaired) electrons. The third kappa shape index (κ3) is 2.20. The number of rotatable bonds is 2. The number of fused-ring (bicyclic) bond motifs is 1. The van der Waals surface area contributed by atoms with Gasteiger partial charge in [-0.3, -0.25) is 0 Å². The van der Waals surface area contributed by atoms with Gasteiger partial charge in [-0.05, 0) is 44.2 Å². The van der Waals surface area contributed by atoms with Crippen molar-refractivity contribution in [1.82, 2.24) is 9.55 Å². The Bertz CT molecular complexity index is 825. The average Bonchev–Trinajstić information content (AvgIpc) is 2.79. The van der Waals surface area contributed by atoms with Crippen LogP contribution in [-0.4, -0.2) is 19.8 Å². The first-order valence-corrected chi connectivity index (χ1v) is 6.67. The second-order valence-electron chi connectivity index (χ2n) is 5.23. The van der Waals surface area contributed by atoms with E-state index in [-0.39, 0.29) is 23.4 Å². The molecule has 0 bridgehead atoms. The van der Waals surface area contributed by atoms with Crippen LogP contribution < -0.4 is 0 Å². The molecule has 3 rings (SSSR count). The number of aromatic nitrogens is 2. The largest absolute Gasteiger partial charge is 0.508 e. The van der Waals surface area contributed by atoms with Gasteiger partial charge in [0, 0.05) is 12.1 Å². The Hall–Kier alpha value is -2.56. The number of aromatic hydroxyl groups is 2. The van der Waals surface area contributed by atoms with E-state index in [4.69, 9.17) is 0 Å². The minimum atomic E-state index is -0.359. The smallest absolute Gasteiger partial charge is 0.145 e. The van der Waals surface area contributed by atoms with Crippen LogP contribution in [0.15, 0.2) is 36.4 Å². The lowest BCUT2D eigenvalue weighted by molar-refractivity contribution is 0.461. The minimum Gasteiger partial charge on any atom is -0.508 e. The highest BCUT2D eigenvalue weighted by atomic mass is 19.1. The summed E-state index contributed by atoms with van der Waals surface area (Å²) in [5, 5.41) is 19.7. The van der Waals surface area contributed by atoms with Crippen LogP contribution in [-0.2, 0) is 0 Å². The highest BCUT2D eigenvalue weighted by molar-refractivity contribution is 5.82. The van der Waals surface area contributed by atoms with E-state index in [1.165, 1.54) is 30.3 Å². The SMILES string of the molecule is CC(C)n1c(-c2cc(O)ccc2O)nc2cc(F)ccc21. The van der Waals surface area contributed by atoms with Gasteiger partial charge < -0.3 is 14.8 Å². The summed E-state index contributed by atoms with van der Waals surface area (Å²) >= 11 is 0. The Morgan fingerprint density at radius 1 is 1.10 bits per heavy atom. The zero-order valence-electron chi connectivity index (χ0n) is 11.7. The van der Waals surface area contributed by atoms with Gasteiger partial charge in [0.1, 0.15) is 23.1 Å². The van der Waals surface area contributed by atoms with Crippen LogP contribution in [0, 0.1) is 5.82 Å². The minimum absolute atomic E-state index is 0.0190. The third-order valence-corrected chi connectivity index (χ3v) is 3.39. The van der Waals surface area contributed by atoms with Gasteiger partial charge in [0.25, 0.3) is 0 Å². The fourth-order valence-corrected chi connectivity index (χ4v) is 2.49. The molecule has 5 heteroatoms. The van der Waals surface area contributed by atoms with Gasteiger partial charge in [0.05, 0.1) is 16.6 Å². The number of nitrogens with zero attached hydrogens (tertiary/aromatic N) is 2. The number of phenolic OH excluding ortho intramolecular Hbond substituents is 2. The average molecular weight is 286 g/mol. The molecule has 0 fully saturated rings. The molecule has 0 spiro atoms. The first kappa shape index (κ1) is 13.4. The summed E-state index contributed by atoms with van der Waals surface area (Å²) in [6.45, 7) is 3.96. The summed E-state index contributed by atoms with van der Waals surface area (Å²) in [7, 11) is 0. The molecule has 0 saturated carbocycles. The van der Waals surface area contributed by atoms with E-state index in [1.807, 2.05) is 18.4 Å². The molecule has 0 amide bonds. The van der Waals surface area contributed by atoms with E-state index in [1.54, 1.807) is 6.07 Å². The van der Waals surface area contributed by atoms with Crippen molar-refractivity contribution in [1.29, 1.82) is 0 Å². The van der Waals surface area contributed by atoms with Gasteiger partial charge in [0.2, 0.25) is 0 Å². The van der Waals surface area contributed by atoms with Crippen molar-refractivity contribution in [2.75, 3.05) is 0 Å². The maximum Gasteiger partial charge on any atom is 0.145 e. The third-order valence-electron chi connectivity index (χ3n) is 3.39. The lowest BCUT2D eigenvalue weighted by Gasteiger charge is -2.14. The molecule has 0 saturated heterocycles. The Kier molecular flexibility index (Phi) is 3.05. The molecule has 0 aliphatic heterocycles. The fourth-order valence-electron chi connectivity index (χ4n) is 2.49. The van der Waals surface area contributed by atoms with E-state index in [0.717, 1.165) is 5.52 Å². The van der Waals surface area contributed by atoms with E-state index in [2.05, 4.69) is 4.98 Å². The summed E-state index contributed by atoms with van der Waals surface area (Å²) in [6, 6.07) is 8.74. The van der Waals surface area contributed by atoms with Crippen LogP contribution in [0.4, 0.5) is 4.39 Å². The van der Waals surface area contributed by atoms with Crippen molar-refractivity contribution >= 4 is 11.0 Å². The maximum atomic E-state index is 13.4. The molecule has 1 aromatic heterocycles. The molecule has 3 aromatic rings. The first-order chi connectivity index (χ1) is 9.97. The van der Waals surface area contributed by atoms with Gasteiger partial charge in [-0.15, -0.1) is 0 Å². The lowest BCUT2D eigenvalue weighted by atomic mass is 10.1. The zero-order chi connectivity index (χ0) is 15.1. The topological polar surface area (TPSA) is 58.3 Å². The van der Waals surface area contributed by atoms with E-state index in [9.17, 15) is 14.6 Å². The number of imidazole rings is 1. The normalized spacial score (nSPS) is 11.4. The van der Waals surface area contributed by atoms with Crippen molar-refractivity contribution in [2.45, 2.75) is 19.9 Å². The summed E-state index contributed by atoms with van der Waals surface area (Å²) in [6.07, 6.45) is 0. The molecule has 1 heterocycles. The highest BCUT2D eigenvalue weighted by Gasteiger charge is 2.18. The van der Waals surface area contributed by atoms with Gasteiger partial charge in [-0.25, -0.2) is 9.37 Å². The van der Waals surface area contributed by atoms with Crippen molar-refractivity contribution in [2.24, 2.45) is 0 Å². The van der Waals surface area contributed by atoms with Crippen molar-refractivity contribution in [3.63, 3.8) is 0 Å². The predicted molar refractivity (Wildman–Crippen MR) is 78.8 cm³/mol. The molecule has 2 N–H and O–H groups in total. The van der Waals surface area contributed by atoms with Crippen LogP contribution in [0.2, 0.25) is 0 Å². The van der Waals surface area contributed by atoms with Crippen LogP contribution in [0.25, 0.3) is 22.4 Å². The molecule has 0 aliphatic rings. The van der Waals surface area contributed by atoms with Crippen LogP contribution in [0.3, 0.4) is 0 Å². The first-order valence-electron chi connectivity index (χ1n) is 6.67. The lowest BCUT2D eigenvalue weighted by Crippen LogP contribution is -2.03. The summed E-state index contributed by atoms with van der Waals surface area (Å²) in [5.41, 5.74) is 1.71. The van der Waals surface area contributed by atoms with Gasteiger partial charge in [0.15, 0.2) is 0 Å². The molecule has 2 aromatic carbocycles. The number of hydrogen-bond acceptors (Lipinski definition) is 3. The number of phenols is 2. The van der Waals surface area contributed by atoms with Gasteiger partial charge >= 0.3 is 0 Å². The number of hydrogen-bond donors (Lipinski definition) is 2. The van der Waals surface area contributed by atoms with Crippen molar-refractivity contribution < 1.29 is 14.6 Å². The quantitative estimate of drug-likeness (QED) is 0.704. The van der Waals surface area contributed by atoms with Crippen molar-refractivity contribution in [3.05, 3.63) is 42.2 Å². The molecule has 0 aliphatic carbocycles. The van der Waals surface area contributed by atoms with Crippen LogP contribution in [0.1, 0.15) is 19.9 Å². The Labute approximate surface area is 121 Å². The van der Waals surface area contributed by atoms with Crippen LogP contribution >= 0.6 is 0 Å². The van der Waals surface area contributed by atoms with E-state index in [0.29, 0.717) is 16.9 Å². The Balaban J connectivity index is 2.36. The summed E-state index contributed by atoms with van der Waals surface area (Å²) in [5.74, 6) is 0.198. The molecule has 21 heavy (non-hydrogen) atoms. The zero-order valence-corrected chi connectivity index (χ0v) is 11.7. The highest BCUT2D eigenvalue weighted by Crippen LogP contribution is 2.35. The standard InChI is InChI=1S/C16H15FN2O2/c1-9(2)19-14-5-3-10(17)7-13(14)18-16(19)12-8-11(20)4-6-15(12)21/h3-9,20-21H,1-2H3. The van der Waals surface area contributed by atoms with E-state index < -0.39 is 0 Å². The second-order valence-corrected chi connectivity index (χ2v) is 5.23. The monoisotopic (exact) mass is 286 g/mol. The molecule has 108 valence electrons. The van der Waals surface area contributed by atoms with Gasteiger partial charge in [-0.1, -0.05) is 0 Å². The maximum absolute atomic E-state index is 13.4. The molecule has 0 unspecified atom stereocenters.